The number of rotatable bonds is 1. The predicted molar refractivity (Wildman–Crippen MR) is 57.4 cm³/mol. The highest BCUT2D eigenvalue weighted by molar-refractivity contribution is 5.92. The molecule has 3 heteroatoms. The van der Waals surface area contributed by atoms with Gasteiger partial charge >= 0.3 is 0 Å². The first-order valence-corrected chi connectivity index (χ1v) is 4.41. The van der Waals surface area contributed by atoms with Crippen LogP contribution in [0.25, 0.3) is 10.9 Å². The summed E-state index contributed by atoms with van der Waals surface area (Å²) in [4.78, 5) is 4.24. The molecule has 0 radical (unpaired) electrons. The molecular weight excluding hydrogens is 176 g/mol. The molecule has 2 N–H and O–H groups in total. The van der Waals surface area contributed by atoms with Gasteiger partial charge in [-0.05, 0) is 24.6 Å². The van der Waals surface area contributed by atoms with E-state index in [-0.39, 0.29) is 0 Å². The highest BCUT2D eigenvalue weighted by atomic mass is 16.5. The number of nitrogen functional groups attached to an aromatic ring is 1. The summed E-state index contributed by atoms with van der Waals surface area (Å²) in [7, 11) is 1.63. The molecule has 1 aromatic heterocycles. The summed E-state index contributed by atoms with van der Waals surface area (Å²) in [6.07, 6.45) is 1.76. The molecule has 2 aromatic rings. The number of aryl methyl sites for hydroxylation is 1. The highest BCUT2D eigenvalue weighted by Gasteiger charge is 2.04. The second kappa shape index (κ2) is 3.18. The van der Waals surface area contributed by atoms with Crippen molar-refractivity contribution in [1.29, 1.82) is 0 Å². The number of hydrogen-bond acceptors (Lipinski definition) is 3. The van der Waals surface area contributed by atoms with Crippen LogP contribution < -0.4 is 10.5 Å². The number of hydrogen-bond donors (Lipinski definition) is 1. The van der Waals surface area contributed by atoms with Gasteiger partial charge in [0.15, 0.2) is 0 Å². The van der Waals surface area contributed by atoms with E-state index in [2.05, 4.69) is 4.98 Å². The first-order valence-electron chi connectivity index (χ1n) is 4.41. The van der Waals surface area contributed by atoms with Gasteiger partial charge in [0.1, 0.15) is 5.75 Å². The molecule has 0 aliphatic rings. The minimum atomic E-state index is 0.656. The molecule has 72 valence electrons. The van der Waals surface area contributed by atoms with Gasteiger partial charge in [-0.25, -0.2) is 0 Å². The Morgan fingerprint density at radius 2 is 2.14 bits per heavy atom. The van der Waals surface area contributed by atoms with Crippen molar-refractivity contribution in [3.05, 3.63) is 30.0 Å². The normalized spacial score (nSPS) is 10.4. The van der Waals surface area contributed by atoms with E-state index in [1.165, 1.54) is 0 Å². The molecule has 0 saturated heterocycles. The summed E-state index contributed by atoms with van der Waals surface area (Å²) >= 11 is 0. The zero-order valence-corrected chi connectivity index (χ0v) is 8.24. The van der Waals surface area contributed by atoms with E-state index in [4.69, 9.17) is 10.5 Å². The number of benzene rings is 1. The largest absolute Gasteiger partial charge is 0.497 e. The predicted octanol–water partition coefficient (Wildman–Crippen LogP) is 2.13. The molecule has 0 bridgehead atoms. The lowest BCUT2D eigenvalue weighted by Gasteiger charge is -2.06. The van der Waals surface area contributed by atoms with Gasteiger partial charge < -0.3 is 10.5 Å². The Morgan fingerprint density at radius 1 is 1.36 bits per heavy atom. The van der Waals surface area contributed by atoms with Gasteiger partial charge in [-0.2, -0.15) is 0 Å². The first-order chi connectivity index (χ1) is 6.72. The number of aromatic nitrogens is 1. The smallest absolute Gasteiger partial charge is 0.121 e. The third kappa shape index (κ3) is 1.27. The van der Waals surface area contributed by atoms with Crippen molar-refractivity contribution in [2.24, 2.45) is 0 Å². The third-order valence-corrected chi connectivity index (χ3v) is 2.30. The maximum Gasteiger partial charge on any atom is 0.121 e. The minimum absolute atomic E-state index is 0.656. The van der Waals surface area contributed by atoms with E-state index in [9.17, 15) is 0 Å². The number of nitrogens with two attached hydrogens (primary N) is 1. The Labute approximate surface area is 82.5 Å². The summed E-state index contributed by atoms with van der Waals surface area (Å²) in [5.41, 5.74) is 8.51. The van der Waals surface area contributed by atoms with E-state index in [1.54, 1.807) is 19.4 Å². The van der Waals surface area contributed by atoms with Gasteiger partial charge in [-0.3, -0.25) is 4.98 Å². The molecule has 0 unspecified atom stereocenters. The van der Waals surface area contributed by atoms with Crippen molar-refractivity contribution >= 4 is 16.6 Å². The van der Waals surface area contributed by atoms with Crippen LogP contribution >= 0.6 is 0 Å². The highest BCUT2D eigenvalue weighted by Crippen LogP contribution is 2.27. The molecule has 0 fully saturated rings. The van der Waals surface area contributed by atoms with Crippen molar-refractivity contribution in [2.45, 2.75) is 6.92 Å². The molecule has 1 heterocycles. The van der Waals surface area contributed by atoms with Crippen molar-refractivity contribution < 1.29 is 4.74 Å². The average Bonchev–Trinajstić information content (AvgIpc) is 2.19. The van der Waals surface area contributed by atoms with E-state index in [0.717, 1.165) is 22.2 Å². The zero-order valence-electron chi connectivity index (χ0n) is 8.24. The van der Waals surface area contributed by atoms with Crippen LogP contribution in [0.2, 0.25) is 0 Å². The van der Waals surface area contributed by atoms with Gasteiger partial charge in [0, 0.05) is 17.6 Å². The summed E-state index contributed by atoms with van der Waals surface area (Å²) in [5.74, 6) is 0.770. The summed E-state index contributed by atoms with van der Waals surface area (Å²) in [5, 5.41) is 1.05. The quantitative estimate of drug-likeness (QED) is 0.697. The van der Waals surface area contributed by atoms with Gasteiger partial charge in [0.25, 0.3) is 0 Å². The second-order valence-corrected chi connectivity index (χ2v) is 3.24. The van der Waals surface area contributed by atoms with Crippen molar-refractivity contribution in [3.63, 3.8) is 0 Å². The third-order valence-electron chi connectivity index (χ3n) is 2.30. The fourth-order valence-corrected chi connectivity index (χ4v) is 1.51. The maximum atomic E-state index is 5.86. The van der Waals surface area contributed by atoms with Gasteiger partial charge in [0.05, 0.1) is 18.3 Å². The van der Waals surface area contributed by atoms with Crippen LogP contribution in [-0.2, 0) is 0 Å². The maximum absolute atomic E-state index is 5.86. The topological polar surface area (TPSA) is 48.1 Å². The molecule has 0 atom stereocenters. The summed E-state index contributed by atoms with van der Waals surface area (Å²) in [6.45, 7) is 2.03. The minimum Gasteiger partial charge on any atom is -0.497 e. The molecular formula is C11H12N2O. The summed E-state index contributed by atoms with van der Waals surface area (Å²) < 4.78 is 5.15. The fraction of sp³-hybridized carbons (Fsp3) is 0.182. The Bertz CT molecular complexity index is 480. The Kier molecular flexibility index (Phi) is 2.00. The van der Waals surface area contributed by atoms with Crippen molar-refractivity contribution in [2.75, 3.05) is 12.8 Å². The SMILES string of the molecule is COc1cc(N)c2nccc(C)c2c1. The van der Waals surface area contributed by atoms with Crippen molar-refractivity contribution in [3.8, 4) is 5.75 Å². The summed E-state index contributed by atoms with van der Waals surface area (Å²) in [6, 6.07) is 5.70. The Morgan fingerprint density at radius 3 is 2.86 bits per heavy atom. The lowest BCUT2D eigenvalue weighted by atomic mass is 10.1. The molecule has 0 spiro atoms. The number of nitrogens with zero attached hydrogens (tertiary/aromatic N) is 1. The molecule has 0 saturated carbocycles. The molecule has 0 aliphatic carbocycles. The second-order valence-electron chi connectivity index (χ2n) is 3.24. The number of anilines is 1. The Hall–Kier alpha value is -1.77. The van der Waals surface area contributed by atoms with Crippen LogP contribution in [-0.4, -0.2) is 12.1 Å². The van der Waals surface area contributed by atoms with E-state index in [0.29, 0.717) is 5.69 Å². The standard InChI is InChI=1S/C11H12N2O/c1-7-3-4-13-11-9(7)5-8(14-2)6-10(11)12/h3-6H,12H2,1-2H3. The molecule has 14 heavy (non-hydrogen) atoms. The molecule has 2 rings (SSSR count). The van der Waals surface area contributed by atoms with Gasteiger partial charge in [-0.1, -0.05) is 0 Å². The van der Waals surface area contributed by atoms with E-state index in [1.807, 2.05) is 19.1 Å². The lowest BCUT2D eigenvalue weighted by molar-refractivity contribution is 0.415. The van der Waals surface area contributed by atoms with Gasteiger partial charge in [0.2, 0.25) is 0 Å². The van der Waals surface area contributed by atoms with Gasteiger partial charge in [-0.15, -0.1) is 0 Å². The van der Waals surface area contributed by atoms with Crippen LogP contribution in [0.1, 0.15) is 5.56 Å². The first kappa shape index (κ1) is 8.81. The lowest BCUT2D eigenvalue weighted by Crippen LogP contribution is -1.93. The van der Waals surface area contributed by atoms with Crippen molar-refractivity contribution in [1.82, 2.24) is 4.98 Å². The van der Waals surface area contributed by atoms with Crippen LogP contribution in [0.4, 0.5) is 5.69 Å². The average molecular weight is 188 g/mol. The number of ether oxygens (including phenoxy) is 1. The van der Waals surface area contributed by atoms with Crippen LogP contribution in [0.5, 0.6) is 5.75 Å². The number of pyridine rings is 1. The fourth-order valence-electron chi connectivity index (χ4n) is 1.51. The molecule has 3 nitrogen and oxygen atoms in total. The van der Waals surface area contributed by atoms with E-state index >= 15 is 0 Å². The van der Waals surface area contributed by atoms with Crippen LogP contribution in [0.15, 0.2) is 24.4 Å². The molecule has 0 amide bonds. The molecule has 0 aliphatic heterocycles. The number of fused-ring (bicyclic) bond motifs is 1. The van der Waals surface area contributed by atoms with E-state index < -0.39 is 0 Å². The number of methoxy groups -OCH3 is 1. The van der Waals surface area contributed by atoms with Crippen LogP contribution in [0.3, 0.4) is 0 Å². The Balaban J connectivity index is 2.83. The monoisotopic (exact) mass is 188 g/mol. The zero-order chi connectivity index (χ0) is 10.1. The molecule has 1 aromatic carbocycles. The van der Waals surface area contributed by atoms with Crippen LogP contribution in [0, 0.1) is 6.92 Å².